The van der Waals surface area contributed by atoms with Gasteiger partial charge in [-0.2, -0.15) is 5.26 Å². The van der Waals surface area contributed by atoms with Crippen LogP contribution in [0.2, 0.25) is 0 Å². The number of amides is 1. The topological polar surface area (TPSA) is 87.0 Å². The van der Waals surface area contributed by atoms with Crippen molar-refractivity contribution in [3.05, 3.63) is 23.3 Å². The Morgan fingerprint density at radius 3 is 2.27 bits per heavy atom. The van der Waals surface area contributed by atoms with Crippen LogP contribution in [0.3, 0.4) is 0 Å². The molecule has 40 heavy (non-hydrogen) atoms. The average Bonchev–Trinajstić information content (AvgIpc) is 2.83. The van der Waals surface area contributed by atoms with E-state index in [4.69, 9.17) is 0 Å². The second kappa shape index (κ2) is 10.6. The Labute approximate surface area is 243 Å². The molecule has 3 aliphatic carbocycles. The molecule has 5 heteroatoms. The van der Waals surface area contributed by atoms with Crippen LogP contribution in [0, 0.1) is 55.7 Å². The Morgan fingerprint density at radius 2 is 1.75 bits per heavy atom. The fraction of sp³-hybridized carbons (Fsp3) is 0.771. The highest BCUT2D eigenvalue weighted by atomic mass is 16.2. The molecule has 0 heterocycles. The van der Waals surface area contributed by atoms with E-state index in [9.17, 15) is 19.6 Å². The van der Waals surface area contributed by atoms with Gasteiger partial charge in [-0.15, -0.1) is 0 Å². The number of hydrogen-bond acceptors (Lipinski definition) is 4. The molecule has 0 aliphatic heterocycles. The van der Waals surface area contributed by atoms with Gasteiger partial charge in [-0.05, 0) is 93.0 Å². The van der Waals surface area contributed by atoms with Crippen molar-refractivity contribution >= 4 is 17.5 Å². The lowest BCUT2D eigenvalue weighted by Gasteiger charge is -2.61. The standard InChI is InChI=1S/C35H54N2O3/c1-12-37-29(40)35(17-15-30(4,5)20-23(35)2)18-16-31(6,7)34(11)14-13-26-32(8,9)28(39)25(22-36)21-33(26,10)27(34)19-24(3)38/h19,21,23,26H,12-18,20H2,1-11H3,(H,37,40)/b27-19-/t23?,26-,33-,34+,35-/m0/s1. The molecule has 3 rings (SSSR count). The fourth-order valence-electron chi connectivity index (χ4n) is 9.02. The van der Waals surface area contributed by atoms with Crippen molar-refractivity contribution in [3.8, 4) is 6.07 Å². The van der Waals surface area contributed by atoms with Crippen LogP contribution in [0.25, 0.3) is 0 Å². The number of ketones is 2. The van der Waals surface area contributed by atoms with E-state index in [1.165, 1.54) is 0 Å². The van der Waals surface area contributed by atoms with Gasteiger partial charge in [0, 0.05) is 17.4 Å². The summed E-state index contributed by atoms with van der Waals surface area (Å²) in [7, 11) is 0. The van der Waals surface area contributed by atoms with Crippen LogP contribution in [-0.2, 0) is 14.4 Å². The van der Waals surface area contributed by atoms with Crippen molar-refractivity contribution in [2.24, 2.45) is 44.3 Å². The van der Waals surface area contributed by atoms with Gasteiger partial charge in [-0.25, -0.2) is 0 Å². The molecular formula is C35H54N2O3. The zero-order valence-electron chi connectivity index (χ0n) is 27.1. The lowest BCUT2D eigenvalue weighted by molar-refractivity contribution is -0.140. The molecule has 0 aromatic rings. The Morgan fingerprint density at radius 1 is 1.12 bits per heavy atom. The number of fused-ring (bicyclic) bond motifs is 1. The van der Waals surface area contributed by atoms with Crippen LogP contribution >= 0.6 is 0 Å². The van der Waals surface area contributed by atoms with E-state index in [2.05, 4.69) is 59.9 Å². The van der Waals surface area contributed by atoms with Crippen LogP contribution in [-0.4, -0.2) is 24.0 Å². The molecule has 0 bridgehead atoms. The molecule has 3 aliphatic rings. The molecule has 0 aromatic carbocycles. The molecule has 5 atom stereocenters. The SMILES string of the molecule is CCNC(=O)[C@]1(CCC(C)(C)[C@]2(C)CC[C@H]3C(C)(C)C(=O)C(C#N)=C[C@]3(C)/C2=C/C(C)=O)CCC(C)(C)CC1C. The maximum atomic E-state index is 13.7. The van der Waals surface area contributed by atoms with E-state index < -0.39 is 16.2 Å². The summed E-state index contributed by atoms with van der Waals surface area (Å²) in [5, 5.41) is 13.1. The summed E-state index contributed by atoms with van der Waals surface area (Å²) >= 11 is 0. The number of rotatable bonds is 7. The molecule has 2 saturated carbocycles. The van der Waals surface area contributed by atoms with Gasteiger partial charge in [0.15, 0.2) is 11.6 Å². The van der Waals surface area contributed by atoms with Gasteiger partial charge in [-0.3, -0.25) is 14.4 Å². The van der Waals surface area contributed by atoms with E-state index in [1.54, 1.807) is 13.0 Å². The first kappa shape index (κ1) is 32.3. The largest absolute Gasteiger partial charge is 0.356 e. The second-order valence-corrected chi connectivity index (χ2v) is 15.8. The highest BCUT2D eigenvalue weighted by Gasteiger charge is 2.61. The third-order valence-corrected chi connectivity index (χ3v) is 12.0. The van der Waals surface area contributed by atoms with Crippen LogP contribution in [0.5, 0.6) is 0 Å². The monoisotopic (exact) mass is 550 g/mol. The molecule has 0 spiro atoms. The number of allylic oxidation sites excluding steroid dienone is 4. The van der Waals surface area contributed by atoms with E-state index >= 15 is 0 Å². The van der Waals surface area contributed by atoms with Crippen molar-refractivity contribution in [2.45, 2.75) is 121 Å². The number of hydrogen-bond donors (Lipinski definition) is 1. The van der Waals surface area contributed by atoms with Crippen molar-refractivity contribution in [1.82, 2.24) is 5.32 Å². The molecule has 1 unspecified atom stereocenters. The minimum absolute atomic E-state index is 0.00125. The van der Waals surface area contributed by atoms with E-state index in [0.29, 0.717) is 6.54 Å². The first-order chi connectivity index (χ1) is 18.2. The predicted molar refractivity (Wildman–Crippen MR) is 161 cm³/mol. The number of carbonyl (C=O) groups is 3. The summed E-state index contributed by atoms with van der Waals surface area (Å²) < 4.78 is 0. The van der Waals surface area contributed by atoms with Crippen LogP contribution in [0.15, 0.2) is 23.3 Å². The maximum absolute atomic E-state index is 13.7. The quantitative estimate of drug-likeness (QED) is 0.328. The summed E-state index contributed by atoms with van der Waals surface area (Å²) in [6, 6.07) is 2.17. The first-order valence-electron chi connectivity index (χ1n) is 15.4. The van der Waals surface area contributed by atoms with Crippen LogP contribution in [0.1, 0.15) is 121 Å². The summed E-state index contributed by atoms with van der Waals surface area (Å²) in [6.45, 7) is 24.0. The number of Topliss-reactive ketones (excluding diaryl/α,β-unsaturated/α-hetero) is 1. The summed E-state index contributed by atoms with van der Waals surface area (Å²) in [6.07, 6.45) is 9.96. The van der Waals surface area contributed by atoms with Gasteiger partial charge in [0.2, 0.25) is 5.91 Å². The van der Waals surface area contributed by atoms with E-state index in [-0.39, 0.29) is 51.1 Å². The average molecular weight is 551 g/mol. The van der Waals surface area contributed by atoms with Crippen molar-refractivity contribution in [2.75, 3.05) is 6.54 Å². The molecule has 0 aromatic heterocycles. The summed E-state index contributed by atoms with van der Waals surface area (Å²) in [5.41, 5.74) is -0.797. The summed E-state index contributed by atoms with van der Waals surface area (Å²) in [4.78, 5) is 39.7. The Kier molecular flexibility index (Phi) is 8.53. The molecule has 1 amide bonds. The van der Waals surface area contributed by atoms with Crippen molar-refractivity contribution in [1.29, 1.82) is 5.26 Å². The van der Waals surface area contributed by atoms with Gasteiger partial charge < -0.3 is 5.32 Å². The maximum Gasteiger partial charge on any atom is 0.226 e. The zero-order chi connectivity index (χ0) is 30.5. The van der Waals surface area contributed by atoms with Gasteiger partial charge >= 0.3 is 0 Å². The molecule has 0 radical (unpaired) electrons. The lowest BCUT2D eigenvalue weighted by atomic mass is 9.42. The number of nitrogens with zero attached hydrogens (tertiary/aromatic N) is 1. The normalized spacial score (nSPS) is 36.3. The van der Waals surface area contributed by atoms with Crippen molar-refractivity contribution < 1.29 is 14.4 Å². The minimum atomic E-state index is -0.692. The van der Waals surface area contributed by atoms with Gasteiger partial charge in [0.25, 0.3) is 0 Å². The minimum Gasteiger partial charge on any atom is -0.356 e. The molecular weight excluding hydrogens is 496 g/mol. The first-order valence-corrected chi connectivity index (χ1v) is 15.4. The van der Waals surface area contributed by atoms with E-state index in [1.807, 2.05) is 26.8 Å². The molecule has 1 N–H and O–H groups in total. The number of carbonyl (C=O) groups excluding carboxylic acids is 3. The predicted octanol–water partition coefficient (Wildman–Crippen LogP) is 7.76. The molecule has 5 nitrogen and oxygen atoms in total. The van der Waals surface area contributed by atoms with E-state index in [0.717, 1.165) is 50.5 Å². The van der Waals surface area contributed by atoms with Gasteiger partial charge in [0.1, 0.15) is 6.07 Å². The Hall–Kier alpha value is -2.22. The smallest absolute Gasteiger partial charge is 0.226 e. The molecule has 0 saturated heterocycles. The molecule has 2 fully saturated rings. The second-order valence-electron chi connectivity index (χ2n) is 15.8. The third-order valence-electron chi connectivity index (χ3n) is 12.0. The highest BCUT2D eigenvalue weighted by Crippen LogP contribution is 2.67. The lowest BCUT2D eigenvalue weighted by Crippen LogP contribution is -2.56. The Bertz CT molecular complexity index is 1170. The summed E-state index contributed by atoms with van der Waals surface area (Å²) in [5.74, 6) is 0.353. The number of nitrogens with one attached hydrogen (secondary N) is 1. The van der Waals surface area contributed by atoms with Crippen molar-refractivity contribution in [3.63, 3.8) is 0 Å². The van der Waals surface area contributed by atoms with Gasteiger partial charge in [0.05, 0.1) is 11.0 Å². The van der Waals surface area contributed by atoms with Gasteiger partial charge in [-0.1, -0.05) is 74.0 Å². The molecule has 222 valence electrons. The highest BCUT2D eigenvalue weighted by molar-refractivity contribution is 6.04. The zero-order valence-corrected chi connectivity index (χ0v) is 27.1. The number of nitriles is 1. The third kappa shape index (κ3) is 5.14. The fourth-order valence-corrected chi connectivity index (χ4v) is 9.02. The van der Waals surface area contributed by atoms with Crippen LogP contribution < -0.4 is 5.32 Å². The van der Waals surface area contributed by atoms with Crippen LogP contribution in [0.4, 0.5) is 0 Å². The Balaban J connectivity index is 2.08.